The first kappa shape index (κ1) is 12.5. The highest BCUT2D eigenvalue weighted by molar-refractivity contribution is 6.20. The lowest BCUT2D eigenvalue weighted by atomic mass is 9.89. The van der Waals surface area contributed by atoms with E-state index >= 15 is 0 Å². The fourth-order valence-corrected chi connectivity index (χ4v) is 5.62. The monoisotopic (exact) mass is 281 g/mol. The second-order valence-electron chi connectivity index (χ2n) is 7.38. The molecule has 4 atom stereocenters. The van der Waals surface area contributed by atoms with Gasteiger partial charge in [0.1, 0.15) is 0 Å². The Hall–Kier alpha value is -0.240. The topological polar surface area (TPSA) is 29.1 Å². The van der Waals surface area contributed by atoms with E-state index in [-0.39, 0.29) is 0 Å². The van der Waals surface area contributed by atoms with Gasteiger partial charge in [0.25, 0.3) is 0 Å². The first-order valence-corrected chi connectivity index (χ1v) is 8.59. The number of nitrogens with one attached hydrogen (secondary N) is 1. The minimum Gasteiger partial charge on any atom is -0.356 e. The van der Waals surface area contributed by atoms with Crippen molar-refractivity contribution in [3.05, 3.63) is 0 Å². The molecule has 0 spiro atoms. The SMILES string of the molecule is O=C(NCC1CCC(Cl)CC1)C1C2C3CCC(C3)C12. The van der Waals surface area contributed by atoms with Crippen LogP contribution in [0.1, 0.15) is 44.9 Å². The Labute approximate surface area is 120 Å². The molecule has 1 amide bonds. The lowest BCUT2D eigenvalue weighted by molar-refractivity contribution is -0.123. The number of hydrogen-bond acceptors (Lipinski definition) is 1. The first-order chi connectivity index (χ1) is 9.24. The molecule has 4 aliphatic rings. The van der Waals surface area contributed by atoms with Crippen molar-refractivity contribution in [2.24, 2.45) is 35.5 Å². The van der Waals surface area contributed by atoms with Gasteiger partial charge in [-0.15, -0.1) is 11.6 Å². The fraction of sp³-hybridized carbons (Fsp3) is 0.938. The Kier molecular flexibility index (Phi) is 3.06. The van der Waals surface area contributed by atoms with Gasteiger partial charge < -0.3 is 5.32 Å². The van der Waals surface area contributed by atoms with Gasteiger partial charge >= 0.3 is 0 Å². The third kappa shape index (κ3) is 2.11. The van der Waals surface area contributed by atoms with Crippen molar-refractivity contribution < 1.29 is 4.79 Å². The quantitative estimate of drug-likeness (QED) is 0.791. The summed E-state index contributed by atoms with van der Waals surface area (Å²) in [6, 6.07) is 0. The molecule has 4 saturated carbocycles. The van der Waals surface area contributed by atoms with E-state index in [2.05, 4.69) is 5.32 Å². The van der Waals surface area contributed by atoms with Crippen molar-refractivity contribution in [3.63, 3.8) is 0 Å². The van der Waals surface area contributed by atoms with E-state index in [9.17, 15) is 4.79 Å². The van der Waals surface area contributed by atoms with Gasteiger partial charge in [-0.2, -0.15) is 0 Å². The summed E-state index contributed by atoms with van der Waals surface area (Å²) in [5.41, 5.74) is 0. The molecule has 4 rings (SSSR count). The second-order valence-corrected chi connectivity index (χ2v) is 7.99. The van der Waals surface area contributed by atoms with Gasteiger partial charge in [-0.25, -0.2) is 0 Å². The van der Waals surface area contributed by atoms with Crippen LogP contribution in [0.15, 0.2) is 0 Å². The van der Waals surface area contributed by atoms with E-state index in [0.29, 0.717) is 23.1 Å². The molecular formula is C16H24ClNO. The highest BCUT2D eigenvalue weighted by atomic mass is 35.5. The van der Waals surface area contributed by atoms with Crippen molar-refractivity contribution in [3.8, 4) is 0 Å². The van der Waals surface area contributed by atoms with Gasteiger partial charge in [-0.05, 0) is 74.5 Å². The van der Waals surface area contributed by atoms with Crippen LogP contribution in [0.5, 0.6) is 0 Å². The molecule has 106 valence electrons. The highest BCUT2D eigenvalue weighted by Crippen LogP contribution is 2.69. The number of halogens is 1. The highest BCUT2D eigenvalue weighted by Gasteiger charge is 2.67. The van der Waals surface area contributed by atoms with E-state index in [1.54, 1.807) is 0 Å². The third-order valence-electron chi connectivity index (χ3n) is 6.38. The van der Waals surface area contributed by atoms with Gasteiger partial charge in [0.05, 0.1) is 0 Å². The molecule has 0 aromatic carbocycles. The number of carbonyl (C=O) groups excluding carboxylic acids is 1. The van der Waals surface area contributed by atoms with Crippen LogP contribution in [0.4, 0.5) is 0 Å². The van der Waals surface area contributed by atoms with Crippen LogP contribution in [-0.4, -0.2) is 17.8 Å². The largest absolute Gasteiger partial charge is 0.356 e. The number of hydrogen-bond donors (Lipinski definition) is 1. The fourth-order valence-electron chi connectivity index (χ4n) is 5.36. The maximum Gasteiger partial charge on any atom is 0.223 e. The summed E-state index contributed by atoms with van der Waals surface area (Å²) < 4.78 is 0. The van der Waals surface area contributed by atoms with Crippen LogP contribution < -0.4 is 5.32 Å². The van der Waals surface area contributed by atoms with E-state index in [1.165, 1.54) is 32.1 Å². The Balaban J connectivity index is 1.25. The first-order valence-electron chi connectivity index (χ1n) is 8.16. The smallest absolute Gasteiger partial charge is 0.223 e. The van der Waals surface area contributed by atoms with Crippen LogP contribution in [-0.2, 0) is 4.79 Å². The molecule has 0 aromatic heterocycles. The van der Waals surface area contributed by atoms with Crippen molar-refractivity contribution >= 4 is 17.5 Å². The van der Waals surface area contributed by atoms with E-state index in [0.717, 1.165) is 43.1 Å². The summed E-state index contributed by atoms with van der Waals surface area (Å²) in [7, 11) is 0. The zero-order valence-corrected chi connectivity index (χ0v) is 12.2. The zero-order chi connectivity index (χ0) is 13.0. The zero-order valence-electron chi connectivity index (χ0n) is 11.5. The van der Waals surface area contributed by atoms with Crippen LogP contribution in [0.2, 0.25) is 0 Å². The predicted octanol–water partition coefficient (Wildman–Crippen LogP) is 3.19. The third-order valence-corrected chi connectivity index (χ3v) is 6.82. The molecule has 4 unspecified atom stereocenters. The summed E-state index contributed by atoms with van der Waals surface area (Å²) in [6.07, 6.45) is 8.86. The molecule has 3 heteroatoms. The molecule has 0 radical (unpaired) electrons. The number of fused-ring (bicyclic) bond motifs is 5. The molecule has 2 nitrogen and oxygen atoms in total. The predicted molar refractivity (Wildman–Crippen MR) is 75.9 cm³/mol. The molecule has 4 fully saturated rings. The van der Waals surface area contributed by atoms with Gasteiger partial charge in [0, 0.05) is 17.8 Å². The van der Waals surface area contributed by atoms with E-state index < -0.39 is 0 Å². The van der Waals surface area contributed by atoms with Crippen LogP contribution in [0.25, 0.3) is 0 Å². The minimum atomic E-state index is 0.375. The Morgan fingerprint density at radius 3 is 2.26 bits per heavy atom. The van der Waals surface area contributed by atoms with Crippen molar-refractivity contribution in [1.82, 2.24) is 5.32 Å². The molecule has 0 aliphatic heterocycles. The Bertz CT molecular complexity index is 361. The Morgan fingerprint density at radius 1 is 1.00 bits per heavy atom. The summed E-state index contributed by atoms with van der Waals surface area (Å²) in [5.74, 6) is 4.80. The van der Waals surface area contributed by atoms with Gasteiger partial charge in [0.2, 0.25) is 5.91 Å². The van der Waals surface area contributed by atoms with Crippen LogP contribution in [0.3, 0.4) is 0 Å². The van der Waals surface area contributed by atoms with E-state index in [1.807, 2.05) is 0 Å². The van der Waals surface area contributed by atoms with Crippen molar-refractivity contribution in [1.29, 1.82) is 0 Å². The number of amides is 1. The lowest BCUT2D eigenvalue weighted by Gasteiger charge is -2.25. The summed E-state index contributed by atoms with van der Waals surface area (Å²) in [5, 5.41) is 3.62. The summed E-state index contributed by atoms with van der Waals surface area (Å²) >= 11 is 6.12. The average molecular weight is 282 g/mol. The average Bonchev–Trinajstić information content (AvgIpc) is 2.86. The molecule has 19 heavy (non-hydrogen) atoms. The maximum absolute atomic E-state index is 12.3. The normalized spacial score (nSPS) is 50.9. The summed E-state index contributed by atoms with van der Waals surface area (Å²) in [4.78, 5) is 12.3. The van der Waals surface area contributed by atoms with Gasteiger partial charge in [0.15, 0.2) is 0 Å². The van der Waals surface area contributed by atoms with Crippen molar-refractivity contribution in [2.75, 3.05) is 6.54 Å². The molecule has 4 aliphatic carbocycles. The summed E-state index contributed by atoms with van der Waals surface area (Å²) in [6.45, 7) is 0.897. The second kappa shape index (κ2) is 4.65. The van der Waals surface area contributed by atoms with Crippen LogP contribution >= 0.6 is 11.6 Å². The lowest BCUT2D eigenvalue weighted by Crippen LogP contribution is -2.33. The molecule has 0 saturated heterocycles. The molecule has 0 heterocycles. The van der Waals surface area contributed by atoms with Crippen molar-refractivity contribution in [2.45, 2.75) is 50.3 Å². The maximum atomic E-state index is 12.3. The number of alkyl halides is 1. The van der Waals surface area contributed by atoms with E-state index in [4.69, 9.17) is 11.6 Å². The molecule has 0 aromatic rings. The number of rotatable bonds is 3. The Morgan fingerprint density at radius 2 is 1.63 bits per heavy atom. The molecule has 1 N–H and O–H groups in total. The van der Waals surface area contributed by atoms with Crippen LogP contribution in [0, 0.1) is 35.5 Å². The van der Waals surface area contributed by atoms with Gasteiger partial charge in [-0.1, -0.05) is 0 Å². The van der Waals surface area contributed by atoms with Gasteiger partial charge in [-0.3, -0.25) is 4.79 Å². The molecule has 2 bridgehead atoms. The standard InChI is InChI=1S/C16H24ClNO/c17-12-5-1-9(2-6-12)8-18-16(19)15-13-10-3-4-11(7-10)14(13)15/h9-15H,1-8H2,(H,18,19). The minimum absolute atomic E-state index is 0.375. The molecular weight excluding hydrogens is 258 g/mol. The number of carbonyl (C=O) groups is 1.